The van der Waals surface area contributed by atoms with Gasteiger partial charge in [-0.3, -0.25) is 0 Å². The molecule has 6 heteroatoms. The third-order valence-electron chi connectivity index (χ3n) is 5.61. The SMILES string of the molecule is OC[C@@H]1CCC[C@@H](n2ccnc2-c2cnc(N3CCCCC3)nc2)C1. The highest BCUT2D eigenvalue weighted by atomic mass is 16.3. The van der Waals surface area contributed by atoms with E-state index in [9.17, 15) is 5.11 Å². The van der Waals surface area contributed by atoms with Crippen LogP contribution in [-0.2, 0) is 0 Å². The predicted molar refractivity (Wildman–Crippen MR) is 97.4 cm³/mol. The molecule has 3 heterocycles. The van der Waals surface area contributed by atoms with E-state index in [0.29, 0.717) is 12.0 Å². The van der Waals surface area contributed by atoms with Gasteiger partial charge in [0.15, 0.2) is 0 Å². The molecule has 0 amide bonds. The smallest absolute Gasteiger partial charge is 0.225 e. The average molecular weight is 341 g/mol. The number of anilines is 1. The summed E-state index contributed by atoms with van der Waals surface area (Å²) < 4.78 is 2.25. The van der Waals surface area contributed by atoms with Gasteiger partial charge in [-0.05, 0) is 44.4 Å². The minimum absolute atomic E-state index is 0.286. The molecule has 4 rings (SSSR count). The average Bonchev–Trinajstić information content (AvgIpc) is 3.19. The molecule has 1 saturated heterocycles. The van der Waals surface area contributed by atoms with Gasteiger partial charge in [0.25, 0.3) is 0 Å². The van der Waals surface area contributed by atoms with E-state index >= 15 is 0 Å². The van der Waals surface area contributed by atoms with Crippen LogP contribution in [0.4, 0.5) is 5.95 Å². The number of nitrogens with zero attached hydrogens (tertiary/aromatic N) is 5. The van der Waals surface area contributed by atoms with Crippen LogP contribution in [0.25, 0.3) is 11.4 Å². The maximum Gasteiger partial charge on any atom is 0.225 e. The number of hydrogen-bond donors (Lipinski definition) is 1. The summed E-state index contributed by atoms with van der Waals surface area (Å²) >= 11 is 0. The molecule has 0 spiro atoms. The molecule has 2 aliphatic rings. The number of hydrogen-bond acceptors (Lipinski definition) is 5. The van der Waals surface area contributed by atoms with Gasteiger partial charge >= 0.3 is 0 Å². The van der Waals surface area contributed by atoms with Crippen LogP contribution in [0.15, 0.2) is 24.8 Å². The topological polar surface area (TPSA) is 67.1 Å². The van der Waals surface area contributed by atoms with E-state index < -0.39 is 0 Å². The van der Waals surface area contributed by atoms with Crippen molar-refractivity contribution in [1.29, 1.82) is 0 Å². The molecule has 2 aromatic rings. The molecule has 2 atom stereocenters. The fourth-order valence-corrected chi connectivity index (χ4v) is 4.21. The maximum absolute atomic E-state index is 9.50. The van der Waals surface area contributed by atoms with Crippen LogP contribution in [0.1, 0.15) is 51.0 Å². The van der Waals surface area contributed by atoms with E-state index in [1.807, 2.05) is 18.6 Å². The lowest BCUT2D eigenvalue weighted by Crippen LogP contribution is -2.30. The minimum Gasteiger partial charge on any atom is -0.396 e. The molecular weight excluding hydrogens is 314 g/mol. The largest absolute Gasteiger partial charge is 0.396 e. The van der Waals surface area contributed by atoms with Crippen LogP contribution in [0.2, 0.25) is 0 Å². The number of aliphatic hydroxyl groups is 1. The first-order valence-electron chi connectivity index (χ1n) is 9.56. The molecule has 2 aromatic heterocycles. The van der Waals surface area contributed by atoms with E-state index in [1.165, 1.54) is 19.3 Å². The highest BCUT2D eigenvalue weighted by Gasteiger charge is 2.24. The van der Waals surface area contributed by atoms with Crippen LogP contribution < -0.4 is 4.90 Å². The lowest BCUT2D eigenvalue weighted by Gasteiger charge is -2.30. The first-order valence-corrected chi connectivity index (χ1v) is 9.56. The van der Waals surface area contributed by atoms with E-state index in [-0.39, 0.29) is 6.61 Å². The Balaban J connectivity index is 1.53. The Morgan fingerprint density at radius 1 is 1.00 bits per heavy atom. The van der Waals surface area contributed by atoms with Gasteiger partial charge in [0, 0.05) is 50.5 Å². The molecule has 0 unspecified atom stereocenters. The normalized spacial score (nSPS) is 24.4. The fraction of sp³-hybridized carbons (Fsp3) is 0.632. The second-order valence-corrected chi connectivity index (χ2v) is 7.35. The predicted octanol–water partition coefficient (Wildman–Crippen LogP) is 3.05. The molecule has 1 saturated carbocycles. The minimum atomic E-state index is 0.286. The van der Waals surface area contributed by atoms with Gasteiger partial charge in [-0.15, -0.1) is 0 Å². The van der Waals surface area contributed by atoms with Gasteiger partial charge < -0.3 is 14.6 Å². The van der Waals surface area contributed by atoms with E-state index in [1.54, 1.807) is 0 Å². The van der Waals surface area contributed by atoms with Crippen molar-refractivity contribution in [3.63, 3.8) is 0 Å². The first kappa shape index (κ1) is 16.5. The van der Waals surface area contributed by atoms with Crippen molar-refractivity contribution in [1.82, 2.24) is 19.5 Å². The third kappa shape index (κ3) is 3.54. The summed E-state index contributed by atoms with van der Waals surface area (Å²) in [6.45, 7) is 2.39. The number of aromatic nitrogens is 4. The molecule has 1 N–H and O–H groups in total. The second-order valence-electron chi connectivity index (χ2n) is 7.35. The summed E-state index contributed by atoms with van der Waals surface area (Å²) in [5.74, 6) is 2.18. The summed E-state index contributed by atoms with van der Waals surface area (Å²) in [6, 6.07) is 0.408. The Bertz CT molecular complexity index is 677. The Labute approximate surface area is 148 Å². The standard InChI is InChI=1S/C19H27N5O/c25-14-15-5-4-6-17(11-15)24-10-7-20-18(24)16-12-21-19(22-13-16)23-8-2-1-3-9-23/h7,10,12-13,15,17,25H,1-6,8-9,11,14H2/t15-,17-/m1/s1. The Morgan fingerprint density at radius 3 is 2.56 bits per heavy atom. The summed E-state index contributed by atoms with van der Waals surface area (Å²) in [5.41, 5.74) is 0.969. The molecule has 0 aromatic carbocycles. The summed E-state index contributed by atoms with van der Waals surface area (Å²) in [7, 11) is 0. The molecule has 0 radical (unpaired) electrons. The zero-order chi connectivity index (χ0) is 17.1. The highest BCUT2D eigenvalue weighted by Crippen LogP contribution is 2.34. The van der Waals surface area contributed by atoms with Crippen molar-refractivity contribution in [2.24, 2.45) is 5.92 Å². The Kier molecular flexibility index (Phi) is 4.97. The molecule has 25 heavy (non-hydrogen) atoms. The van der Waals surface area contributed by atoms with Crippen molar-refractivity contribution in [3.8, 4) is 11.4 Å². The second kappa shape index (κ2) is 7.52. The molecular formula is C19H27N5O. The first-order chi connectivity index (χ1) is 12.3. The molecule has 0 bridgehead atoms. The monoisotopic (exact) mass is 341 g/mol. The molecule has 6 nitrogen and oxygen atoms in total. The lowest BCUT2D eigenvalue weighted by atomic mass is 9.86. The van der Waals surface area contributed by atoms with Gasteiger partial charge in [-0.25, -0.2) is 15.0 Å². The van der Waals surface area contributed by atoms with E-state index in [2.05, 4.69) is 30.6 Å². The van der Waals surface area contributed by atoms with Gasteiger partial charge in [0.05, 0.1) is 5.56 Å². The van der Waals surface area contributed by atoms with Gasteiger partial charge in [-0.1, -0.05) is 6.42 Å². The zero-order valence-electron chi connectivity index (χ0n) is 14.7. The van der Waals surface area contributed by atoms with Crippen molar-refractivity contribution in [2.45, 2.75) is 51.0 Å². The van der Waals surface area contributed by atoms with Crippen LogP contribution in [0.5, 0.6) is 0 Å². The number of aliphatic hydroxyl groups excluding tert-OH is 1. The lowest BCUT2D eigenvalue weighted by molar-refractivity contribution is 0.163. The Morgan fingerprint density at radius 2 is 1.80 bits per heavy atom. The van der Waals surface area contributed by atoms with Crippen LogP contribution >= 0.6 is 0 Å². The van der Waals surface area contributed by atoms with Crippen LogP contribution in [0, 0.1) is 5.92 Å². The van der Waals surface area contributed by atoms with Crippen molar-refractivity contribution < 1.29 is 5.11 Å². The van der Waals surface area contributed by atoms with Gasteiger partial charge in [0.1, 0.15) is 5.82 Å². The van der Waals surface area contributed by atoms with Crippen LogP contribution in [0.3, 0.4) is 0 Å². The number of piperidine rings is 1. The summed E-state index contributed by atoms with van der Waals surface area (Å²) in [4.78, 5) is 16.0. The maximum atomic E-state index is 9.50. The fourth-order valence-electron chi connectivity index (χ4n) is 4.21. The third-order valence-corrected chi connectivity index (χ3v) is 5.61. The van der Waals surface area contributed by atoms with E-state index in [0.717, 1.165) is 56.1 Å². The quantitative estimate of drug-likeness (QED) is 0.926. The van der Waals surface area contributed by atoms with Crippen LogP contribution in [-0.4, -0.2) is 44.3 Å². The van der Waals surface area contributed by atoms with Crippen molar-refractivity contribution in [2.75, 3.05) is 24.6 Å². The number of imidazole rings is 1. The van der Waals surface area contributed by atoms with E-state index in [4.69, 9.17) is 0 Å². The Hall–Kier alpha value is -1.95. The molecule has 1 aliphatic heterocycles. The molecule has 1 aliphatic carbocycles. The zero-order valence-corrected chi connectivity index (χ0v) is 14.7. The van der Waals surface area contributed by atoms with Crippen molar-refractivity contribution >= 4 is 5.95 Å². The van der Waals surface area contributed by atoms with Gasteiger partial charge in [0.2, 0.25) is 5.95 Å². The molecule has 2 fully saturated rings. The number of rotatable bonds is 4. The summed E-state index contributed by atoms with van der Waals surface area (Å²) in [5, 5.41) is 9.50. The highest BCUT2D eigenvalue weighted by molar-refractivity contribution is 5.54. The summed E-state index contributed by atoms with van der Waals surface area (Å²) in [6.07, 6.45) is 15.9. The van der Waals surface area contributed by atoms with Gasteiger partial charge in [-0.2, -0.15) is 0 Å². The van der Waals surface area contributed by atoms with Crippen molar-refractivity contribution in [3.05, 3.63) is 24.8 Å². The molecule has 134 valence electrons.